The molecule has 0 saturated heterocycles. The van der Waals surface area contributed by atoms with Gasteiger partial charge in [0.2, 0.25) is 0 Å². The van der Waals surface area contributed by atoms with Crippen molar-refractivity contribution in [3.8, 4) is 5.75 Å². The van der Waals surface area contributed by atoms with Crippen LogP contribution in [-0.4, -0.2) is 23.7 Å². The quantitative estimate of drug-likeness (QED) is 0.682. The Bertz CT molecular complexity index is 647. The van der Waals surface area contributed by atoms with Crippen molar-refractivity contribution >= 4 is 23.5 Å². The molecule has 0 bridgehead atoms. The Hall–Kier alpha value is -2.21. The van der Waals surface area contributed by atoms with Gasteiger partial charge in [-0.25, -0.2) is 10.4 Å². The number of thiazole rings is 1. The molecular weight excluding hydrogens is 286 g/mol. The fourth-order valence-electron chi connectivity index (χ4n) is 1.77. The number of benzene rings is 1. The summed E-state index contributed by atoms with van der Waals surface area (Å²) in [5.74, 6) is 0.578. The molecule has 1 N–H and O–H groups in total. The summed E-state index contributed by atoms with van der Waals surface area (Å²) in [7, 11) is 0. The molecule has 6 heteroatoms. The molecular formula is C15H17N3O2S. The number of nitrogens with zero attached hydrogens (tertiary/aromatic N) is 2. The molecule has 0 spiro atoms. The average molecular weight is 303 g/mol. The molecule has 21 heavy (non-hydrogen) atoms. The van der Waals surface area contributed by atoms with Gasteiger partial charge in [0.25, 0.3) is 5.91 Å². The maximum atomic E-state index is 11.9. The van der Waals surface area contributed by atoms with Crippen molar-refractivity contribution in [1.82, 2.24) is 10.4 Å². The maximum Gasteiger partial charge on any atom is 0.283 e. The van der Waals surface area contributed by atoms with Crippen molar-refractivity contribution in [2.24, 2.45) is 5.10 Å². The third-order valence-corrected chi connectivity index (χ3v) is 3.75. The molecule has 0 aliphatic heterocycles. The highest BCUT2D eigenvalue weighted by atomic mass is 32.1. The highest BCUT2D eigenvalue weighted by Gasteiger charge is 2.12. The number of hydrogen-bond acceptors (Lipinski definition) is 5. The van der Waals surface area contributed by atoms with E-state index in [1.54, 1.807) is 6.21 Å². The third-order valence-electron chi connectivity index (χ3n) is 2.68. The topological polar surface area (TPSA) is 63.6 Å². The van der Waals surface area contributed by atoms with Crippen molar-refractivity contribution in [2.45, 2.75) is 20.8 Å². The van der Waals surface area contributed by atoms with Crippen LogP contribution >= 0.6 is 11.3 Å². The van der Waals surface area contributed by atoms with Crippen molar-refractivity contribution in [3.05, 3.63) is 45.4 Å². The van der Waals surface area contributed by atoms with Gasteiger partial charge < -0.3 is 4.74 Å². The molecule has 1 heterocycles. The van der Waals surface area contributed by atoms with Crippen LogP contribution < -0.4 is 10.2 Å². The van der Waals surface area contributed by atoms with Gasteiger partial charge in [-0.2, -0.15) is 5.10 Å². The van der Waals surface area contributed by atoms with E-state index in [2.05, 4.69) is 15.5 Å². The van der Waals surface area contributed by atoms with Crippen LogP contribution in [0.3, 0.4) is 0 Å². The van der Waals surface area contributed by atoms with Crippen LogP contribution in [0.5, 0.6) is 5.75 Å². The highest BCUT2D eigenvalue weighted by Crippen LogP contribution is 2.16. The van der Waals surface area contributed by atoms with Crippen LogP contribution in [0, 0.1) is 13.8 Å². The first-order valence-corrected chi connectivity index (χ1v) is 7.42. The van der Waals surface area contributed by atoms with E-state index in [1.807, 2.05) is 45.0 Å². The van der Waals surface area contributed by atoms with E-state index in [0.29, 0.717) is 11.5 Å². The van der Waals surface area contributed by atoms with Crippen LogP contribution in [0.1, 0.15) is 32.9 Å². The lowest BCUT2D eigenvalue weighted by Gasteiger charge is -2.02. The van der Waals surface area contributed by atoms with Crippen LogP contribution in [0.2, 0.25) is 0 Å². The molecule has 0 aliphatic carbocycles. The number of rotatable bonds is 5. The number of nitrogens with one attached hydrogen (secondary N) is 1. The van der Waals surface area contributed by atoms with Gasteiger partial charge >= 0.3 is 0 Å². The number of carbonyl (C=O) groups excluding carboxylic acids is 1. The Morgan fingerprint density at radius 1 is 1.38 bits per heavy atom. The molecule has 0 saturated carbocycles. The van der Waals surface area contributed by atoms with Gasteiger partial charge in [-0.15, -0.1) is 11.3 Å². The van der Waals surface area contributed by atoms with Gasteiger partial charge in [-0.05, 0) is 50.6 Å². The minimum absolute atomic E-state index is 0.236. The second-order valence-electron chi connectivity index (χ2n) is 4.35. The van der Waals surface area contributed by atoms with E-state index in [1.165, 1.54) is 11.3 Å². The van der Waals surface area contributed by atoms with Gasteiger partial charge in [0.05, 0.1) is 23.5 Å². The summed E-state index contributed by atoms with van der Waals surface area (Å²) in [4.78, 5) is 16.7. The number of hydrogen-bond donors (Lipinski definition) is 1. The van der Waals surface area contributed by atoms with E-state index >= 15 is 0 Å². The number of aromatic nitrogens is 1. The van der Waals surface area contributed by atoms with Gasteiger partial charge in [0, 0.05) is 0 Å². The summed E-state index contributed by atoms with van der Waals surface area (Å²) in [5, 5.41) is 4.83. The van der Waals surface area contributed by atoms with E-state index in [0.717, 1.165) is 22.0 Å². The zero-order chi connectivity index (χ0) is 15.2. The summed E-state index contributed by atoms with van der Waals surface area (Å²) in [6.07, 6.45) is 1.59. The van der Waals surface area contributed by atoms with Crippen LogP contribution in [0.15, 0.2) is 29.4 Å². The smallest absolute Gasteiger partial charge is 0.283 e. The first-order valence-electron chi connectivity index (χ1n) is 6.60. The van der Waals surface area contributed by atoms with Crippen molar-refractivity contribution in [1.29, 1.82) is 0 Å². The largest absolute Gasteiger partial charge is 0.494 e. The molecule has 1 aromatic heterocycles. The van der Waals surface area contributed by atoms with Crippen molar-refractivity contribution in [2.75, 3.05) is 6.61 Å². The standard InChI is InChI=1S/C15H17N3O2S/c1-4-20-13-7-5-12(6-8-13)9-16-18-15(19)14-10(2)17-11(3)21-14/h5-9H,4H2,1-3H3,(H,18,19)/b16-9+. The number of aryl methyl sites for hydroxylation is 2. The summed E-state index contributed by atoms with van der Waals surface area (Å²) >= 11 is 1.36. The van der Waals surface area contributed by atoms with Crippen molar-refractivity contribution < 1.29 is 9.53 Å². The number of ether oxygens (including phenoxy) is 1. The maximum absolute atomic E-state index is 11.9. The number of carbonyl (C=O) groups is 1. The Labute approximate surface area is 127 Å². The van der Waals surface area contributed by atoms with Gasteiger partial charge in [0.1, 0.15) is 10.6 Å². The van der Waals surface area contributed by atoms with Crippen LogP contribution in [0.4, 0.5) is 0 Å². The Balaban J connectivity index is 1.95. The minimum atomic E-state index is -0.236. The molecule has 0 aliphatic rings. The number of hydrazone groups is 1. The zero-order valence-electron chi connectivity index (χ0n) is 12.2. The van der Waals surface area contributed by atoms with Gasteiger partial charge in [-0.3, -0.25) is 4.79 Å². The fraction of sp³-hybridized carbons (Fsp3) is 0.267. The summed E-state index contributed by atoms with van der Waals surface area (Å²) in [6, 6.07) is 7.48. The minimum Gasteiger partial charge on any atom is -0.494 e. The molecule has 110 valence electrons. The molecule has 1 aromatic carbocycles. The summed E-state index contributed by atoms with van der Waals surface area (Å²) in [6.45, 7) is 6.26. The number of amides is 1. The molecule has 0 radical (unpaired) electrons. The average Bonchev–Trinajstić information content (AvgIpc) is 2.80. The normalized spacial score (nSPS) is 10.8. The first-order chi connectivity index (χ1) is 10.1. The lowest BCUT2D eigenvalue weighted by molar-refractivity contribution is 0.0958. The SMILES string of the molecule is CCOc1ccc(/C=N/NC(=O)c2sc(C)nc2C)cc1. The van der Waals surface area contributed by atoms with E-state index < -0.39 is 0 Å². The van der Waals surface area contributed by atoms with E-state index in [-0.39, 0.29) is 5.91 Å². The summed E-state index contributed by atoms with van der Waals surface area (Å²) in [5.41, 5.74) is 4.12. The third kappa shape index (κ3) is 4.13. The van der Waals surface area contributed by atoms with Crippen molar-refractivity contribution in [3.63, 3.8) is 0 Å². The fourth-order valence-corrected chi connectivity index (χ4v) is 2.58. The molecule has 0 atom stereocenters. The zero-order valence-corrected chi connectivity index (χ0v) is 13.0. The van der Waals surface area contributed by atoms with Gasteiger partial charge in [-0.1, -0.05) is 0 Å². The molecule has 5 nitrogen and oxygen atoms in total. The Morgan fingerprint density at radius 3 is 2.67 bits per heavy atom. The summed E-state index contributed by atoms with van der Waals surface area (Å²) < 4.78 is 5.36. The van der Waals surface area contributed by atoms with Crippen LogP contribution in [0.25, 0.3) is 0 Å². The molecule has 0 fully saturated rings. The van der Waals surface area contributed by atoms with E-state index in [9.17, 15) is 4.79 Å². The highest BCUT2D eigenvalue weighted by molar-refractivity contribution is 7.13. The second-order valence-corrected chi connectivity index (χ2v) is 5.55. The Kier molecular flexibility index (Phi) is 5.05. The lowest BCUT2D eigenvalue weighted by Crippen LogP contribution is -2.17. The predicted octanol–water partition coefficient (Wildman–Crippen LogP) is 2.92. The van der Waals surface area contributed by atoms with E-state index in [4.69, 9.17) is 4.74 Å². The molecule has 1 amide bonds. The van der Waals surface area contributed by atoms with Gasteiger partial charge in [0.15, 0.2) is 0 Å². The Morgan fingerprint density at radius 2 is 2.10 bits per heavy atom. The molecule has 2 aromatic rings. The molecule has 2 rings (SSSR count). The second kappa shape index (κ2) is 6.99. The van der Waals surface area contributed by atoms with Crippen LogP contribution in [-0.2, 0) is 0 Å². The molecule has 0 unspecified atom stereocenters. The lowest BCUT2D eigenvalue weighted by atomic mass is 10.2. The first kappa shape index (κ1) is 15.2. The monoisotopic (exact) mass is 303 g/mol. The predicted molar refractivity (Wildman–Crippen MR) is 84.3 cm³/mol.